The Morgan fingerprint density at radius 3 is 2.62 bits per heavy atom. The van der Waals surface area contributed by atoms with E-state index in [0.29, 0.717) is 11.0 Å². The number of hydrogen-bond donors (Lipinski definition) is 1. The third-order valence-electron chi connectivity index (χ3n) is 3.46. The summed E-state index contributed by atoms with van der Waals surface area (Å²) in [6.07, 6.45) is 2.70. The molecule has 16 heavy (non-hydrogen) atoms. The van der Waals surface area contributed by atoms with Gasteiger partial charge in [-0.2, -0.15) is 0 Å². The van der Waals surface area contributed by atoms with Crippen LogP contribution in [0, 0.1) is 5.92 Å². The number of rotatable bonds is 4. The lowest BCUT2D eigenvalue weighted by Gasteiger charge is -2.28. The van der Waals surface area contributed by atoms with E-state index in [1.54, 1.807) is 0 Å². The minimum Gasteiger partial charge on any atom is -0.389 e. The lowest BCUT2D eigenvalue weighted by molar-refractivity contribution is 0.609. The van der Waals surface area contributed by atoms with Crippen LogP contribution in [0.25, 0.3) is 0 Å². The van der Waals surface area contributed by atoms with Crippen molar-refractivity contribution in [3.63, 3.8) is 0 Å². The normalized spacial score (nSPS) is 16.9. The van der Waals surface area contributed by atoms with Gasteiger partial charge in [0, 0.05) is 24.3 Å². The number of thiocarbonyl (C=S) groups is 1. The lowest BCUT2D eigenvalue weighted by Crippen LogP contribution is -2.32. The molecule has 1 atom stereocenters. The SMILES string of the molecule is CC(C1CC1)N(C)c1ccccc1C(N)=S. The van der Waals surface area contributed by atoms with Gasteiger partial charge >= 0.3 is 0 Å². The fourth-order valence-corrected chi connectivity index (χ4v) is 2.28. The van der Waals surface area contributed by atoms with Crippen LogP contribution < -0.4 is 10.6 Å². The molecule has 1 fully saturated rings. The van der Waals surface area contributed by atoms with Crippen molar-refractivity contribution >= 4 is 22.9 Å². The molecule has 3 heteroatoms. The van der Waals surface area contributed by atoms with Gasteiger partial charge in [0.05, 0.1) is 0 Å². The fourth-order valence-electron chi connectivity index (χ4n) is 2.10. The first kappa shape index (κ1) is 11.4. The van der Waals surface area contributed by atoms with Gasteiger partial charge in [-0.05, 0) is 37.8 Å². The first-order valence-electron chi connectivity index (χ1n) is 5.73. The maximum atomic E-state index is 5.75. The van der Waals surface area contributed by atoms with Crippen LogP contribution in [0.3, 0.4) is 0 Å². The van der Waals surface area contributed by atoms with Gasteiger partial charge in [-0.15, -0.1) is 0 Å². The molecule has 2 rings (SSSR count). The highest BCUT2D eigenvalue weighted by Gasteiger charge is 2.31. The number of nitrogens with zero attached hydrogens (tertiary/aromatic N) is 1. The summed E-state index contributed by atoms with van der Waals surface area (Å²) in [7, 11) is 2.13. The molecule has 1 unspecified atom stereocenters. The van der Waals surface area contributed by atoms with Crippen molar-refractivity contribution in [2.24, 2.45) is 11.7 Å². The van der Waals surface area contributed by atoms with Crippen LogP contribution in [0.15, 0.2) is 24.3 Å². The maximum absolute atomic E-state index is 5.75. The van der Waals surface area contributed by atoms with Crippen molar-refractivity contribution < 1.29 is 0 Å². The minimum atomic E-state index is 0.477. The fraction of sp³-hybridized carbons (Fsp3) is 0.462. The van der Waals surface area contributed by atoms with Gasteiger partial charge in [-0.25, -0.2) is 0 Å². The van der Waals surface area contributed by atoms with Crippen molar-refractivity contribution in [2.75, 3.05) is 11.9 Å². The Labute approximate surface area is 102 Å². The van der Waals surface area contributed by atoms with Gasteiger partial charge in [0.1, 0.15) is 4.99 Å². The Hall–Kier alpha value is -1.09. The predicted octanol–water partition coefficient (Wildman–Crippen LogP) is 2.56. The number of nitrogens with two attached hydrogens (primary N) is 1. The Morgan fingerprint density at radius 1 is 1.44 bits per heavy atom. The van der Waals surface area contributed by atoms with Crippen molar-refractivity contribution in [3.05, 3.63) is 29.8 Å². The summed E-state index contributed by atoms with van der Waals surface area (Å²) in [6.45, 7) is 2.27. The van der Waals surface area contributed by atoms with Crippen LogP contribution in [-0.4, -0.2) is 18.1 Å². The van der Waals surface area contributed by atoms with Gasteiger partial charge in [0.25, 0.3) is 0 Å². The van der Waals surface area contributed by atoms with Crippen LogP contribution in [0.4, 0.5) is 5.69 Å². The van der Waals surface area contributed by atoms with E-state index in [-0.39, 0.29) is 0 Å². The molecule has 1 aromatic carbocycles. The van der Waals surface area contributed by atoms with Crippen molar-refractivity contribution in [1.82, 2.24) is 0 Å². The molecule has 0 aliphatic heterocycles. The molecule has 0 radical (unpaired) electrons. The summed E-state index contributed by atoms with van der Waals surface area (Å²) in [6, 6.07) is 8.66. The molecule has 2 N–H and O–H groups in total. The van der Waals surface area contributed by atoms with Crippen LogP contribution in [0.5, 0.6) is 0 Å². The van der Waals surface area contributed by atoms with Crippen LogP contribution in [0.1, 0.15) is 25.3 Å². The lowest BCUT2D eigenvalue weighted by atomic mass is 10.1. The molecule has 0 amide bonds. The van der Waals surface area contributed by atoms with E-state index < -0.39 is 0 Å². The molecule has 1 aromatic rings. The zero-order chi connectivity index (χ0) is 11.7. The second-order valence-electron chi connectivity index (χ2n) is 4.57. The quantitative estimate of drug-likeness (QED) is 0.812. The van der Waals surface area contributed by atoms with Crippen LogP contribution in [-0.2, 0) is 0 Å². The number of anilines is 1. The first-order chi connectivity index (χ1) is 7.61. The molecule has 0 aromatic heterocycles. The summed E-state index contributed by atoms with van der Waals surface area (Å²) in [5, 5.41) is 0. The highest BCUT2D eigenvalue weighted by Crippen LogP contribution is 2.36. The second-order valence-corrected chi connectivity index (χ2v) is 5.01. The Balaban J connectivity index is 2.27. The monoisotopic (exact) mass is 234 g/mol. The molecular weight excluding hydrogens is 216 g/mol. The van der Waals surface area contributed by atoms with Gasteiger partial charge in [0.2, 0.25) is 0 Å². The topological polar surface area (TPSA) is 29.3 Å². The smallest absolute Gasteiger partial charge is 0.106 e. The molecule has 0 spiro atoms. The minimum absolute atomic E-state index is 0.477. The third kappa shape index (κ3) is 2.19. The van der Waals surface area contributed by atoms with E-state index in [1.807, 2.05) is 18.2 Å². The maximum Gasteiger partial charge on any atom is 0.106 e. The zero-order valence-corrected chi connectivity index (χ0v) is 10.6. The highest BCUT2D eigenvalue weighted by atomic mass is 32.1. The van der Waals surface area contributed by atoms with Crippen molar-refractivity contribution in [1.29, 1.82) is 0 Å². The molecule has 2 nitrogen and oxygen atoms in total. The molecule has 1 aliphatic rings. The summed E-state index contributed by atoms with van der Waals surface area (Å²) < 4.78 is 0. The number of hydrogen-bond acceptors (Lipinski definition) is 2. The summed E-state index contributed by atoms with van der Waals surface area (Å²) in [5.41, 5.74) is 7.88. The second kappa shape index (κ2) is 4.42. The van der Waals surface area contributed by atoms with Gasteiger partial charge in [-0.3, -0.25) is 0 Å². The van der Waals surface area contributed by atoms with E-state index in [9.17, 15) is 0 Å². The molecule has 1 saturated carbocycles. The van der Waals surface area contributed by atoms with E-state index >= 15 is 0 Å². The zero-order valence-electron chi connectivity index (χ0n) is 9.81. The Morgan fingerprint density at radius 2 is 2.06 bits per heavy atom. The molecular formula is C13H18N2S. The standard InChI is InChI=1S/C13H18N2S/c1-9(10-7-8-10)15(2)12-6-4-3-5-11(12)13(14)16/h3-6,9-10H,7-8H2,1-2H3,(H2,14,16). The van der Waals surface area contributed by atoms with E-state index in [0.717, 1.165) is 17.2 Å². The molecule has 1 aliphatic carbocycles. The van der Waals surface area contributed by atoms with Crippen LogP contribution >= 0.6 is 12.2 Å². The summed E-state index contributed by atoms with van der Waals surface area (Å²) in [4.78, 5) is 2.78. The molecule has 86 valence electrons. The predicted molar refractivity (Wildman–Crippen MR) is 72.9 cm³/mol. The van der Waals surface area contributed by atoms with Gasteiger partial charge in [-0.1, -0.05) is 24.4 Å². The van der Waals surface area contributed by atoms with Crippen molar-refractivity contribution in [3.8, 4) is 0 Å². The van der Waals surface area contributed by atoms with Crippen molar-refractivity contribution in [2.45, 2.75) is 25.8 Å². The third-order valence-corrected chi connectivity index (χ3v) is 3.68. The van der Waals surface area contributed by atoms with E-state index in [2.05, 4.69) is 24.9 Å². The number of para-hydroxylation sites is 1. The number of benzene rings is 1. The summed E-state index contributed by atoms with van der Waals surface area (Å²) >= 11 is 5.09. The summed E-state index contributed by atoms with van der Waals surface area (Å²) in [5.74, 6) is 0.837. The Bertz CT molecular complexity index is 399. The van der Waals surface area contributed by atoms with Crippen LogP contribution in [0.2, 0.25) is 0 Å². The Kier molecular flexibility index (Phi) is 3.15. The molecule has 0 heterocycles. The van der Waals surface area contributed by atoms with Gasteiger partial charge < -0.3 is 10.6 Å². The average Bonchev–Trinajstić information content (AvgIpc) is 3.11. The highest BCUT2D eigenvalue weighted by molar-refractivity contribution is 7.80. The largest absolute Gasteiger partial charge is 0.389 e. The first-order valence-corrected chi connectivity index (χ1v) is 6.13. The van der Waals surface area contributed by atoms with E-state index in [1.165, 1.54) is 12.8 Å². The van der Waals surface area contributed by atoms with E-state index in [4.69, 9.17) is 18.0 Å². The molecule has 0 saturated heterocycles. The molecule has 0 bridgehead atoms. The van der Waals surface area contributed by atoms with Gasteiger partial charge in [0.15, 0.2) is 0 Å². The average molecular weight is 234 g/mol.